The van der Waals surface area contributed by atoms with Crippen molar-refractivity contribution in [3.63, 3.8) is 0 Å². The molecule has 0 amide bonds. The molecule has 0 saturated carbocycles. The molecule has 2 rings (SSSR count). The molecule has 1 aliphatic carbocycles. The van der Waals surface area contributed by atoms with Crippen LogP contribution in [-0.2, 0) is 6.42 Å². The maximum atomic E-state index is 11.4. The number of aryl methyl sites for hydroxylation is 1. The van der Waals surface area contributed by atoms with E-state index in [1.54, 1.807) is 6.07 Å². The highest BCUT2D eigenvalue weighted by atomic mass is 32.2. The molecule has 0 aromatic carbocycles. The number of aromatic amines is 1. The van der Waals surface area contributed by atoms with Crippen LogP contribution >= 0.6 is 11.8 Å². The minimum Gasteiger partial charge on any atom is -0.326 e. The van der Waals surface area contributed by atoms with Gasteiger partial charge in [0.1, 0.15) is 0 Å². The Labute approximate surface area is 125 Å². The van der Waals surface area contributed by atoms with E-state index in [1.807, 2.05) is 17.8 Å². The fraction of sp³-hybridized carbons (Fsp3) is 0.688. The number of hydrogen-bond acceptors (Lipinski definition) is 3. The van der Waals surface area contributed by atoms with Gasteiger partial charge in [-0.2, -0.15) is 11.8 Å². The van der Waals surface area contributed by atoms with E-state index in [1.165, 1.54) is 18.4 Å². The lowest BCUT2D eigenvalue weighted by atomic mass is 9.90. The number of aromatic nitrogens is 1. The van der Waals surface area contributed by atoms with Gasteiger partial charge in [0.15, 0.2) is 0 Å². The van der Waals surface area contributed by atoms with Crippen molar-refractivity contribution in [2.24, 2.45) is 0 Å². The van der Waals surface area contributed by atoms with Gasteiger partial charge in [0.05, 0.1) is 0 Å². The molecule has 1 unspecified atom stereocenters. The molecular weight excluding hydrogens is 268 g/mol. The zero-order valence-electron chi connectivity index (χ0n) is 12.8. The summed E-state index contributed by atoms with van der Waals surface area (Å²) in [7, 11) is 0. The maximum absolute atomic E-state index is 11.4. The van der Waals surface area contributed by atoms with Crippen molar-refractivity contribution in [3.8, 4) is 0 Å². The van der Waals surface area contributed by atoms with Crippen LogP contribution in [0.25, 0.3) is 0 Å². The van der Waals surface area contributed by atoms with E-state index >= 15 is 0 Å². The van der Waals surface area contributed by atoms with Gasteiger partial charge in [-0.1, -0.05) is 19.9 Å². The van der Waals surface area contributed by atoms with Crippen LogP contribution in [0, 0.1) is 0 Å². The third kappa shape index (κ3) is 3.29. The first kappa shape index (κ1) is 15.6. The van der Waals surface area contributed by atoms with Crippen molar-refractivity contribution in [2.75, 3.05) is 12.8 Å². The first-order valence-corrected chi connectivity index (χ1v) is 8.87. The van der Waals surface area contributed by atoms with E-state index in [9.17, 15) is 4.79 Å². The van der Waals surface area contributed by atoms with Crippen molar-refractivity contribution in [1.82, 2.24) is 10.3 Å². The number of rotatable bonds is 6. The van der Waals surface area contributed by atoms with Crippen LogP contribution in [-0.4, -0.2) is 22.5 Å². The van der Waals surface area contributed by atoms with E-state index in [4.69, 9.17) is 0 Å². The predicted molar refractivity (Wildman–Crippen MR) is 87.6 cm³/mol. The first-order valence-electron chi connectivity index (χ1n) is 7.64. The zero-order chi connectivity index (χ0) is 14.6. The van der Waals surface area contributed by atoms with E-state index in [0.29, 0.717) is 10.8 Å². The Bertz CT molecular complexity index is 485. The minimum absolute atomic E-state index is 0.0185. The fourth-order valence-electron chi connectivity index (χ4n) is 3.08. The van der Waals surface area contributed by atoms with Crippen LogP contribution in [0.15, 0.2) is 16.9 Å². The summed E-state index contributed by atoms with van der Waals surface area (Å²) in [4.78, 5) is 14.4. The Morgan fingerprint density at radius 2 is 2.15 bits per heavy atom. The van der Waals surface area contributed by atoms with Gasteiger partial charge in [0.2, 0.25) is 5.56 Å². The molecule has 4 heteroatoms. The summed E-state index contributed by atoms with van der Waals surface area (Å²) in [6, 6.07) is 4.05. The second-order valence-corrected chi connectivity index (χ2v) is 6.95. The minimum atomic E-state index is 0.0185. The summed E-state index contributed by atoms with van der Waals surface area (Å²) in [5.74, 6) is 0. The highest BCUT2D eigenvalue weighted by Crippen LogP contribution is 2.32. The van der Waals surface area contributed by atoms with Crippen molar-refractivity contribution in [1.29, 1.82) is 0 Å². The SMILES string of the molecule is CCC(CC)(CNC1CCCc2[nH]c(=O)ccc21)SC. The fourth-order valence-corrected chi connectivity index (χ4v) is 3.89. The van der Waals surface area contributed by atoms with Gasteiger partial charge in [-0.3, -0.25) is 4.79 Å². The lowest BCUT2D eigenvalue weighted by Gasteiger charge is -2.34. The van der Waals surface area contributed by atoms with E-state index in [0.717, 1.165) is 31.5 Å². The summed E-state index contributed by atoms with van der Waals surface area (Å²) in [5.41, 5.74) is 2.44. The maximum Gasteiger partial charge on any atom is 0.248 e. The summed E-state index contributed by atoms with van der Waals surface area (Å²) in [5, 5.41) is 3.75. The number of H-pyrrole nitrogens is 1. The average molecular weight is 294 g/mol. The van der Waals surface area contributed by atoms with Crippen LogP contribution in [0.3, 0.4) is 0 Å². The monoisotopic (exact) mass is 294 g/mol. The highest BCUT2D eigenvalue weighted by Gasteiger charge is 2.27. The lowest BCUT2D eigenvalue weighted by Crippen LogP contribution is -2.39. The topological polar surface area (TPSA) is 44.9 Å². The molecule has 0 aliphatic heterocycles. The predicted octanol–water partition coefficient (Wildman–Crippen LogP) is 3.26. The third-order valence-corrected chi connectivity index (χ3v) is 6.31. The van der Waals surface area contributed by atoms with Crippen LogP contribution in [0.1, 0.15) is 56.8 Å². The molecule has 1 aromatic rings. The standard InChI is InChI=1S/C16H26N2OS/c1-4-16(5-2,20-3)11-17-13-7-6-8-14-12(13)9-10-15(19)18-14/h9-10,13,17H,4-8,11H2,1-3H3,(H,18,19). The average Bonchev–Trinajstić information content (AvgIpc) is 2.49. The second kappa shape index (κ2) is 6.81. The molecule has 0 saturated heterocycles. The molecule has 20 heavy (non-hydrogen) atoms. The highest BCUT2D eigenvalue weighted by molar-refractivity contribution is 8.00. The van der Waals surface area contributed by atoms with Gasteiger partial charge in [0.25, 0.3) is 0 Å². The Balaban J connectivity index is 2.10. The number of pyridine rings is 1. The summed E-state index contributed by atoms with van der Waals surface area (Å²) >= 11 is 1.97. The lowest BCUT2D eigenvalue weighted by molar-refractivity contribution is 0.407. The smallest absolute Gasteiger partial charge is 0.248 e. The van der Waals surface area contributed by atoms with Gasteiger partial charge >= 0.3 is 0 Å². The number of thioether (sulfide) groups is 1. The van der Waals surface area contributed by atoms with Gasteiger partial charge in [-0.15, -0.1) is 0 Å². The van der Waals surface area contributed by atoms with Gasteiger partial charge in [-0.25, -0.2) is 0 Å². The third-order valence-electron chi connectivity index (χ3n) is 4.72. The van der Waals surface area contributed by atoms with Crippen LogP contribution in [0.4, 0.5) is 0 Å². The quantitative estimate of drug-likeness (QED) is 0.846. The molecule has 0 radical (unpaired) electrons. The van der Waals surface area contributed by atoms with Crippen molar-refractivity contribution < 1.29 is 0 Å². The Morgan fingerprint density at radius 1 is 1.40 bits per heavy atom. The molecular formula is C16H26N2OS. The Morgan fingerprint density at radius 3 is 2.80 bits per heavy atom. The summed E-state index contributed by atoms with van der Waals surface area (Å²) in [6.45, 7) is 5.58. The largest absolute Gasteiger partial charge is 0.326 e. The molecule has 1 atom stereocenters. The van der Waals surface area contributed by atoms with E-state index < -0.39 is 0 Å². The second-order valence-electron chi connectivity index (χ2n) is 5.68. The zero-order valence-corrected chi connectivity index (χ0v) is 13.6. The number of nitrogens with one attached hydrogen (secondary N) is 2. The summed E-state index contributed by atoms with van der Waals surface area (Å²) in [6.07, 6.45) is 7.89. The Hall–Kier alpha value is -0.740. The van der Waals surface area contributed by atoms with Crippen molar-refractivity contribution in [2.45, 2.75) is 56.7 Å². The van der Waals surface area contributed by atoms with Crippen LogP contribution < -0.4 is 10.9 Å². The number of fused-ring (bicyclic) bond motifs is 1. The molecule has 2 N–H and O–H groups in total. The molecule has 3 nitrogen and oxygen atoms in total. The van der Waals surface area contributed by atoms with Crippen molar-refractivity contribution >= 4 is 11.8 Å². The normalized spacial score (nSPS) is 18.9. The molecule has 0 fully saturated rings. The van der Waals surface area contributed by atoms with Crippen LogP contribution in [0.2, 0.25) is 0 Å². The Kier molecular flexibility index (Phi) is 5.33. The molecule has 1 aromatic heterocycles. The van der Waals surface area contributed by atoms with E-state index in [-0.39, 0.29) is 5.56 Å². The molecule has 0 bridgehead atoms. The van der Waals surface area contributed by atoms with Gasteiger partial charge < -0.3 is 10.3 Å². The van der Waals surface area contributed by atoms with Gasteiger partial charge in [0, 0.05) is 29.1 Å². The van der Waals surface area contributed by atoms with Crippen LogP contribution in [0.5, 0.6) is 0 Å². The van der Waals surface area contributed by atoms with Gasteiger partial charge in [-0.05, 0) is 43.9 Å². The molecule has 112 valence electrons. The molecule has 0 spiro atoms. The first-order chi connectivity index (χ1) is 9.64. The summed E-state index contributed by atoms with van der Waals surface area (Å²) < 4.78 is 0.333. The van der Waals surface area contributed by atoms with Crippen molar-refractivity contribution in [3.05, 3.63) is 33.7 Å². The van der Waals surface area contributed by atoms with E-state index in [2.05, 4.69) is 30.4 Å². The molecule has 1 aliphatic rings. The number of hydrogen-bond donors (Lipinski definition) is 2. The molecule has 1 heterocycles.